The van der Waals surface area contributed by atoms with Gasteiger partial charge < -0.3 is 20.1 Å². The van der Waals surface area contributed by atoms with Crippen LogP contribution in [0.25, 0.3) is 0 Å². The highest BCUT2D eigenvalue weighted by molar-refractivity contribution is 5.79. The van der Waals surface area contributed by atoms with Crippen LogP contribution in [0.1, 0.15) is 86.6 Å². The zero-order chi connectivity index (χ0) is 26.2. The van der Waals surface area contributed by atoms with Crippen LogP contribution in [0.15, 0.2) is 24.5 Å². The van der Waals surface area contributed by atoms with Crippen LogP contribution >= 0.6 is 0 Å². The van der Waals surface area contributed by atoms with Crippen molar-refractivity contribution in [3.05, 3.63) is 52.7 Å². The number of amides is 1. The number of nitrogens with one attached hydrogen (secondary N) is 2. The first-order valence-electron chi connectivity index (χ1n) is 12.6. The number of ether oxygens (including phenoxy) is 2. The minimum absolute atomic E-state index is 0.0487. The monoisotopic (exact) mass is 522 g/mol. The molecule has 6 rings (SSSR count). The molecule has 37 heavy (non-hydrogen) atoms. The molecule has 2 aromatic rings. The second-order valence-corrected chi connectivity index (χ2v) is 10.2. The summed E-state index contributed by atoms with van der Waals surface area (Å²) >= 11 is 0. The number of carbonyl (C=O) groups excluding carboxylic acids is 1. The summed E-state index contributed by atoms with van der Waals surface area (Å²) < 4.78 is 67.1. The first kappa shape index (κ1) is 25.8. The first-order valence-corrected chi connectivity index (χ1v) is 12.6. The number of alkyl halides is 3. The van der Waals surface area contributed by atoms with Crippen molar-refractivity contribution in [1.82, 2.24) is 15.3 Å². The van der Waals surface area contributed by atoms with Gasteiger partial charge in [0.2, 0.25) is 5.91 Å². The van der Waals surface area contributed by atoms with Gasteiger partial charge in [-0.05, 0) is 45.4 Å². The molecule has 2 heterocycles. The molecule has 1 amide bonds. The number of anilines is 1. The number of benzene rings is 1. The van der Waals surface area contributed by atoms with Crippen LogP contribution in [0.2, 0.25) is 0 Å². The number of carbonyl (C=O) groups is 1. The third-order valence-corrected chi connectivity index (χ3v) is 7.82. The normalized spacial score (nSPS) is 26.4. The molecule has 0 unspecified atom stereocenters. The van der Waals surface area contributed by atoms with Gasteiger partial charge in [0.25, 0.3) is 6.43 Å². The Hall–Kier alpha value is -2.79. The van der Waals surface area contributed by atoms with E-state index in [-0.39, 0.29) is 23.7 Å². The van der Waals surface area contributed by atoms with E-state index >= 15 is 0 Å². The number of rotatable bonds is 8. The Bertz CT molecular complexity index is 1130. The zero-order valence-corrected chi connectivity index (χ0v) is 20.5. The highest BCUT2D eigenvalue weighted by Gasteiger charge is 2.49. The fourth-order valence-electron chi connectivity index (χ4n) is 5.63. The van der Waals surface area contributed by atoms with Gasteiger partial charge in [-0.1, -0.05) is 18.2 Å². The van der Waals surface area contributed by atoms with E-state index in [1.165, 1.54) is 18.5 Å². The van der Waals surface area contributed by atoms with Crippen molar-refractivity contribution in [3.8, 4) is 0 Å². The van der Waals surface area contributed by atoms with Crippen molar-refractivity contribution in [3.63, 3.8) is 0 Å². The van der Waals surface area contributed by atoms with Crippen molar-refractivity contribution in [2.75, 3.05) is 18.5 Å². The lowest BCUT2D eigenvalue weighted by Crippen LogP contribution is -2.57. The Kier molecular flexibility index (Phi) is 7.10. The molecule has 200 valence electrons. The number of halogens is 4. The van der Waals surface area contributed by atoms with Crippen LogP contribution in [0, 0.1) is 5.82 Å². The molecular formula is C26H30F4N4O3. The van der Waals surface area contributed by atoms with Crippen molar-refractivity contribution in [2.45, 2.75) is 81.8 Å². The van der Waals surface area contributed by atoms with E-state index in [2.05, 4.69) is 20.6 Å². The fraction of sp³-hybridized carbons (Fsp3) is 0.577. The van der Waals surface area contributed by atoms with Gasteiger partial charge in [0.15, 0.2) is 6.29 Å². The van der Waals surface area contributed by atoms with Crippen LogP contribution in [-0.4, -0.2) is 40.3 Å². The molecule has 1 aliphatic heterocycles. The maximum Gasteiger partial charge on any atom is 0.266 e. The lowest BCUT2D eigenvalue weighted by molar-refractivity contribution is -0.125. The van der Waals surface area contributed by atoms with Gasteiger partial charge in [-0.25, -0.2) is 27.5 Å². The molecule has 1 atom stereocenters. The molecule has 4 fully saturated rings. The topological polar surface area (TPSA) is 85.4 Å². The second kappa shape index (κ2) is 10.2. The molecule has 0 spiro atoms. The standard InChI is InChI=1S/C26H30F4N4O3/c1-15(16-3-2-4-17(21(16)27)22(28)29)33-23-20(24-36-11-12-37-24)18(31-14-32-23)13-19(35)34-26-8-5-25(30,6-9-26)7-10-26/h2-4,14-15,22,24H,5-13H2,1H3,(H,34,35)(H,31,32,33)/t15-,25?,26?/m1/s1. The Morgan fingerprint density at radius 3 is 2.38 bits per heavy atom. The Morgan fingerprint density at radius 2 is 1.73 bits per heavy atom. The molecular weight excluding hydrogens is 492 g/mol. The number of fused-ring (bicyclic) bond motifs is 3. The molecule has 0 radical (unpaired) electrons. The predicted octanol–water partition coefficient (Wildman–Crippen LogP) is 5.25. The van der Waals surface area contributed by atoms with Crippen molar-refractivity contribution < 1.29 is 31.8 Å². The summed E-state index contributed by atoms with van der Waals surface area (Å²) in [7, 11) is 0. The van der Waals surface area contributed by atoms with E-state index in [0.717, 1.165) is 6.07 Å². The SMILES string of the molecule is C[C@@H](Nc1ncnc(CC(=O)NC23CCC(F)(CC2)CC3)c1C1OCCO1)c1cccc(C(F)F)c1F. The van der Waals surface area contributed by atoms with Crippen molar-refractivity contribution in [1.29, 1.82) is 0 Å². The van der Waals surface area contributed by atoms with E-state index in [0.29, 0.717) is 63.0 Å². The predicted molar refractivity (Wildman–Crippen MR) is 126 cm³/mol. The fourth-order valence-corrected chi connectivity index (χ4v) is 5.63. The third kappa shape index (κ3) is 5.29. The van der Waals surface area contributed by atoms with Gasteiger partial charge in [0.05, 0.1) is 42.5 Å². The van der Waals surface area contributed by atoms with Crippen LogP contribution in [0.3, 0.4) is 0 Å². The summed E-state index contributed by atoms with van der Waals surface area (Å²) in [5, 5.41) is 6.19. The number of hydrogen-bond acceptors (Lipinski definition) is 6. The van der Waals surface area contributed by atoms with Gasteiger partial charge in [0.1, 0.15) is 23.6 Å². The van der Waals surface area contributed by atoms with E-state index < -0.39 is 41.3 Å². The molecule has 4 aliphatic rings. The Balaban J connectivity index is 1.38. The molecule has 7 nitrogen and oxygen atoms in total. The number of hydrogen-bond donors (Lipinski definition) is 2. The average molecular weight is 523 g/mol. The summed E-state index contributed by atoms with van der Waals surface area (Å²) in [4.78, 5) is 21.7. The summed E-state index contributed by atoms with van der Waals surface area (Å²) in [6.45, 7) is 2.29. The zero-order valence-electron chi connectivity index (χ0n) is 20.5. The summed E-state index contributed by atoms with van der Waals surface area (Å²) in [5.41, 5.74) is -1.36. The Morgan fingerprint density at radius 1 is 1.08 bits per heavy atom. The van der Waals surface area contributed by atoms with Gasteiger partial charge in [-0.3, -0.25) is 4.79 Å². The van der Waals surface area contributed by atoms with Gasteiger partial charge in [0, 0.05) is 11.1 Å². The van der Waals surface area contributed by atoms with E-state index in [4.69, 9.17) is 9.47 Å². The lowest BCUT2D eigenvalue weighted by Gasteiger charge is -2.50. The van der Waals surface area contributed by atoms with Crippen LogP contribution in [0.4, 0.5) is 23.4 Å². The third-order valence-electron chi connectivity index (χ3n) is 7.82. The Labute approximate surface area is 212 Å². The smallest absolute Gasteiger partial charge is 0.266 e. The van der Waals surface area contributed by atoms with E-state index in [1.807, 2.05) is 0 Å². The van der Waals surface area contributed by atoms with E-state index in [9.17, 15) is 22.4 Å². The molecule has 2 bridgehead atoms. The maximum absolute atomic E-state index is 14.8. The maximum atomic E-state index is 14.8. The highest BCUT2D eigenvalue weighted by atomic mass is 19.3. The summed E-state index contributed by atoms with van der Waals surface area (Å²) in [6.07, 6.45) is 0.575. The average Bonchev–Trinajstić information content (AvgIpc) is 3.39. The number of nitrogens with zero attached hydrogens (tertiary/aromatic N) is 2. The van der Waals surface area contributed by atoms with Gasteiger partial charge in [-0.15, -0.1) is 0 Å². The van der Waals surface area contributed by atoms with E-state index in [1.54, 1.807) is 6.92 Å². The second-order valence-electron chi connectivity index (χ2n) is 10.2. The molecule has 1 saturated heterocycles. The molecule has 2 N–H and O–H groups in total. The molecule has 1 aromatic heterocycles. The van der Waals surface area contributed by atoms with Crippen molar-refractivity contribution in [2.24, 2.45) is 0 Å². The molecule has 11 heteroatoms. The summed E-state index contributed by atoms with van der Waals surface area (Å²) in [5.74, 6) is -0.978. The largest absolute Gasteiger partial charge is 0.363 e. The van der Waals surface area contributed by atoms with Crippen LogP contribution < -0.4 is 10.6 Å². The van der Waals surface area contributed by atoms with Crippen molar-refractivity contribution >= 4 is 11.7 Å². The number of aromatic nitrogens is 2. The molecule has 3 aliphatic carbocycles. The van der Waals surface area contributed by atoms with Gasteiger partial charge >= 0.3 is 0 Å². The quantitative estimate of drug-likeness (QED) is 0.461. The molecule has 1 aromatic carbocycles. The lowest BCUT2D eigenvalue weighted by atomic mass is 9.64. The van der Waals surface area contributed by atoms with Gasteiger partial charge in [-0.2, -0.15) is 0 Å². The van der Waals surface area contributed by atoms with Crippen LogP contribution in [-0.2, 0) is 20.7 Å². The molecule has 3 saturated carbocycles. The summed E-state index contributed by atoms with van der Waals surface area (Å²) in [6, 6.07) is 3.12. The first-order chi connectivity index (χ1) is 17.7. The minimum Gasteiger partial charge on any atom is -0.363 e. The van der Waals surface area contributed by atoms with Crippen LogP contribution in [0.5, 0.6) is 0 Å². The highest BCUT2D eigenvalue weighted by Crippen LogP contribution is 2.49. The minimum atomic E-state index is -2.94.